The third kappa shape index (κ3) is 3.72. The molecule has 2 heterocycles. The van der Waals surface area contributed by atoms with Crippen LogP contribution in [0.3, 0.4) is 0 Å². The Labute approximate surface area is 210 Å². The van der Waals surface area contributed by atoms with Crippen molar-refractivity contribution in [3.8, 4) is 5.75 Å². The Morgan fingerprint density at radius 3 is 2.22 bits per heavy atom. The predicted octanol–water partition coefficient (Wildman–Crippen LogP) is 5.24. The molecule has 178 valence electrons. The van der Waals surface area contributed by atoms with Gasteiger partial charge in [-0.3, -0.25) is 14.4 Å². The summed E-state index contributed by atoms with van der Waals surface area (Å²) in [7, 11) is 0. The van der Waals surface area contributed by atoms with Crippen molar-refractivity contribution in [2.45, 2.75) is 0 Å². The molecule has 0 saturated heterocycles. The first-order chi connectivity index (χ1) is 18.0. The number of carbonyl (C=O) groups is 2. The number of aromatic amines is 1. The second-order valence-corrected chi connectivity index (χ2v) is 8.72. The number of pyridine rings is 1. The van der Waals surface area contributed by atoms with Crippen molar-refractivity contribution in [1.29, 1.82) is 0 Å². The van der Waals surface area contributed by atoms with E-state index in [1.165, 1.54) is 24.3 Å². The SMILES string of the molecule is O=C1Nc2c(ccc3ccccc23)C(=O)/C1=C/C=CC=Cc1c([O-])c2ccc3ccccc3c2[nH]c1=O. The number of hydrogen-bond acceptors (Lipinski definition) is 4. The normalized spacial score (nSPS) is 14.9. The average Bonchev–Trinajstić information content (AvgIpc) is 2.91. The van der Waals surface area contributed by atoms with Gasteiger partial charge in [0.15, 0.2) is 0 Å². The van der Waals surface area contributed by atoms with E-state index in [2.05, 4.69) is 10.3 Å². The quantitative estimate of drug-likeness (QED) is 0.159. The first-order valence-corrected chi connectivity index (χ1v) is 11.7. The van der Waals surface area contributed by atoms with Crippen molar-refractivity contribution in [1.82, 2.24) is 4.98 Å². The number of aromatic nitrogens is 1. The summed E-state index contributed by atoms with van der Waals surface area (Å²) in [6.45, 7) is 0. The third-order valence-electron chi connectivity index (χ3n) is 6.55. The fourth-order valence-electron chi connectivity index (χ4n) is 4.72. The fraction of sp³-hybridized carbons (Fsp3) is 0. The molecule has 1 aliphatic rings. The number of nitrogens with one attached hydrogen (secondary N) is 2. The number of H-pyrrole nitrogens is 1. The number of carbonyl (C=O) groups excluding carboxylic acids is 2. The molecule has 0 bridgehead atoms. The van der Waals surface area contributed by atoms with Crippen LogP contribution >= 0.6 is 0 Å². The Kier molecular flexibility index (Phi) is 5.27. The lowest BCUT2D eigenvalue weighted by molar-refractivity contribution is -0.266. The monoisotopic (exact) mass is 483 g/mol. The van der Waals surface area contributed by atoms with Gasteiger partial charge < -0.3 is 15.4 Å². The minimum absolute atomic E-state index is 0.00683. The van der Waals surface area contributed by atoms with Crippen LogP contribution in [0.2, 0.25) is 0 Å². The topological polar surface area (TPSA) is 102 Å². The van der Waals surface area contributed by atoms with E-state index in [1.54, 1.807) is 18.2 Å². The highest BCUT2D eigenvalue weighted by molar-refractivity contribution is 6.36. The number of allylic oxidation sites excluding steroid dienone is 4. The van der Waals surface area contributed by atoms with Gasteiger partial charge in [-0.25, -0.2) is 0 Å². The van der Waals surface area contributed by atoms with Crippen LogP contribution < -0.4 is 16.0 Å². The first-order valence-electron chi connectivity index (χ1n) is 11.7. The van der Waals surface area contributed by atoms with E-state index >= 15 is 0 Å². The van der Waals surface area contributed by atoms with Crippen LogP contribution in [-0.2, 0) is 4.79 Å². The van der Waals surface area contributed by atoms with Crippen molar-refractivity contribution < 1.29 is 14.7 Å². The van der Waals surface area contributed by atoms with Crippen LogP contribution in [0.15, 0.2) is 107 Å². The van der Waals surface area contributed by atoms with E-state index in [0.29, 0.717) is 22.2 Å². The van der Waals surface area contributed by atoms with Crippen molar-refractivity contribution in [3.05, 3.63) is 124 Å². The smallest absolute Gasteiger partial charge is 0.259 e. The summed E-state index contributed by atoms with van der Waals surface area (Å²) in [6.07, 6.45) is 7.47. The second-order valence-electron chi connectivity index (χ2n) is 8.72. The third-order valence-corrected chi connectivity index (χ3v) is 6.55. The summed E-state index contributed by atoms with van der Waals surface area (Å²) < 4.78 is 0. The van der Waals surface area contributed by atoms with Crippen molar-refractivity contribution in [3.63, 3.8) is 0 Å². The lowest BCUT2D eigenvalue weighted by Gasteiger charge is -2.19. The van der Waals surface area contributed by atoms with Gasteiger partial charge >= 0.3 is 0 Å². The van der Waals surface area contributed by atoms with E-state index in [0.717, 1.165) is 21.5 Å². The van der Waals surface area contributed by atoms with Gasteiger partial charge in [0.1, 0.15) is 0 Å². The molecule has 0 aliphatic carbocycles. The van der Waals surface area contributed by atoms with Gasteiger partial charge in [0, 0.05) is 21.9 Å². The Hall–Kier alpha value is -5.23. The van der Waals surface area contributed by atoms with Gasteiger partial charge in [0.05, 0.1) is 16.8 Å². The Morgan fingerprint density at radius 2 is 1.41 bits per heavy atom. The Bertz CT molecular complexity index is 1930. The molecule has 0 radical (unpaired) electrons. The maximum atomic E-state index is 13.0. The number of anilines is 1. The maximum Gasteiger partial charge on any atom is 0.259 e. The van der Waals surface area contributed by atoms with Gasteiger partial charge in [-0.1, -0.05) is 96.8 Å². The lowest BCUT2D eigenvalue weighted by Crippen LogP contribution is -2.27. The highest BCUT2D eigenvalue weighted by Gasteiger charge is 2.29. The highest BCUT2D eigenvalue weighted by Crippen LogP contribution is 2.33. The van der Waals surface area contributed by atoms with Crippen LogP contribution in [0.25, 0.3) is 38.5 Å². The molecule has 1 aliphatic heterocycles. The number of rotatable bonds is 3. The number of ketones is 1. The van der Waals surface area contributed by atoms with Crippen LogP contribution in [-0.4, -0.2) is 16.7 Å². The van der Waals surface area contributed by atoms with E-state index in [1.807, 2.05) is 60.7 Å². The number of hydrogen-bond donors (Lipinski definition) is 2. The molecule has 0 unspecified atom stereocenters. The molecule has 0 saturated carbocycles. The minimum Gasteiger partial charge on any atom is -0.871 e. The zero-order valence-electron chi connectivity index (χ0n) is 19.4. The Balaban J connectivity index is 1.29. The summed E-state index contributed by atoms with van der Waals surface area (Å²) >= 11 is 0. The average molecular weight is 484 g/mol. The molecule has 0 atom stereocenters. The number of benzene rings is 4. The van der Waals surface area contributed by atoms with Gasteiger partial charge in [0.2, 0.25) is 5.78 Å². The fourth-order valence-corrected chi connectivity index (χ4v) is 4.72. The molecule has 0 spiro atoms. The van der Waals surface area contributed by atoms with Crippen molar-refractivity contribution in [2.75, 3.05) is 5.32 Å². The molecule has 6 nitrogen and oxygen atoms in total. The van der Waals surface area contributed by atoms with E-state index < -0.39 is 11.5 Å². The molecule has 1 amide bonds. The molecule has 6 heteroatoms. The van der Waals surface area contributed by atoms with Gasteiger partial charge in [-0.05, 0) is 28.3 Å². The number of fused-ring (bicyclic) bond motifs is 6. The predicted molar refractivity (Wildman–Crippen MR) is 145 cm³/mol. The summed E-state index contributed by atoms with van der Waals surface area (Å²) in [4.78, 5) is 41.2. The van der Waals surface area contributed by atoms with Crippen LogP contribution in [0.1, 0.15) is 15.9 Å². The zero-order chi connectivity index (χ0) is 25.5. The van der Waals surface area contributed by atoms with Gasteiger partial charge in [-0.15, -0.1) is 0 Å². The molecule has 37 heavy (non-hydrogen) atoms. The molecular formula is C31H19N2O4-. The van der Waals surface area contributed by atoms with Crippen molar-refractivity contribution in [2.24, 2.45) is 0 Å². The van der Waals surface area contributed by atoms with Crippen molar-refractivity contribution >= 4 is 55.9 Å². The van der Waals surface area contributed by atoms with Crippen LogP contribution in [0.4, 0.5) is 5.69 Å². The number of amides is 1. The second kappa shape index (κ2) is 8.77. The largest absolute Gasteiger partial charge is 0.871 e. The highest BCUT2D eigenvalue weighted by atomic mass is 16.3. The molecular weight excluding hydrogens is 464 g/mol. The standard InChI is InChI=1S/C31H20N2O4/c34-28-22-16-14-18-8-4-6-10-20(18)26(22)32-30(36)24(28)12-2-1-3-13-25-29(35)23-17-15-19-9-5-7-11-21(19)27(23)33-31(25)37/h1-17H,(H,32,36)(H2,33,35,37)/p-1/b2-1?,13-3?,24-12-. The Morgan fingerprint density at radius 1 is 0.703 bits per heavy atom. The molecule has 2 N–H and O–H groups in total. The first kappa shape index (κ1) is 22.2. The number of Topliss-reactive ketones (excluding diaryl/α,β-unsaturated/α-hetero) is 1. The summed E-state index contributed by atoms with van der Waals surface area (Å²) in [6, 6.07) is 22.2. The maximum absolute atomic E-state index is 13.0. The van der Waals surface area contributed by atoms with Crippen LogP contribution in [0.5, 0.6) is 5.75 Å². The molecule has 6 rings (SSSR count). The molecule has 5 aromatic rings. The zero-order valence-corrected chi connectivity index (χ0v) is 19.4. The minimum atomic E-state index is -0.484. The van der Waals surface area contributed by atoms with Gasteiger partial charge in [0.25, 0.3) is 11.5 Å². The molecule has 4 aromatic carbocycles. The van der Waals surface area contributed by atoms with E-state index in [4.69, 9.17) is 0 Å². The molecule has 0 fully saturated rings. The molecule has 1 aromatic heterocycles. The van der Waals surface area contributed by atoms with E-state index in [-0.39, 0.29) is 22.7 Å². The summed E-state index contributed by atoms with van der Waals surface area (Å²) in [5.41, 5.74) is 0.989. The summed E-state index contributed by atoms with van der Waals surface area (Å²) in [5, 5.41) is 19.7. The van der Waals surface area contributed by atoms with Gasteiger partial charge in [-0.2, -0.15) is 0 Å². The van der Waals surface area contributed by atoms with E-state index in [9.17, 15) is 19.5 Å². The lowest BCUT2D eigenvalue weighted by atomic mass is 9.93. The summed E-state index contributed by atoms with van der Waals surface area (Å²) in [5.74, 6) is -1.21. The van der Waals surface area contributed by atoms with Crippen LogP contribution in [0, 0.1) is 0 Å².